The zero-order valence-corrected chi connectivity index (χ0v) is 9.36. The van der Waals surface area contributed by atoms with Crippen LogP contribution in [0.25, 0.3) is 0 Å². The Balaban J connectivity index is 3.12. The minimum absolute atomic E-state index is 0.0449. The number of nitriles is 1. The highest BCUT2D eigenvalue weighted by atomic mass is 16.3. The third kappa shape index (κ3) is 2.28. The van der Waals surface area contributed by atoms with Crippen LogP contribution in [0.3, 0.4) is 0 Å². The minimum atomic E-state index is -0.368. The highest BCUT2D eigenvalue weighted by Gasteiger charge is 2.24. The van der Waals surface area contributed by atoms with E-state index in [0.29, 0.717) is 5.56 Å². The first kappa shape index (κ1) is 11.5. The molecule has 0 bridgehead atoms. The van der Waals surface area contributed by atoms with Crippen LogP contribution in [0.15, 0.2) is 24.3 Å². The largest absolute Gasteiger partial charge is 0.394 e. The molecule has 0 saturated heterocycles. The molecule has 0 radical (unpaired) electrons. The Kier molecular flexibility index (Phi) is 3.33. The third-order valence-corrected chi connectivity index (χ3v) is 2.68. The van der Waals surface area contributed by atoms with Crippen molar-refractivity contribution < 1.29 is 5.11 Å². The number of nitrogens with zero attached hydrogens (tertiary/aromatic N) is 2. The quantitative estimate of drug-likeness (QED) is 0.816. The number of likely N-dealkylation sites (N-methyl/N-ethyl adjacent to an activating group) is 1. The lowest BCUT2D eigenvalue weighted by Crippen LogP contribution is -2.44. The number of rotatable bonds is 3. The fourth-order valence-corrected chi connectivity index (χ4v) is 1.29. The van der Waals surface area contributed by atoms with Gasteiger partial charge in [0.15, 0.2) is 0 Å². The summed E-state index contributed by atoms with van der Waals surface area (Å²) >= 11 is 0. The van der Waals surface area contributed by atoms with Crippen LogP contribution >= 0.6 is 0 Å². The van der Waals surface area contributed by atoms with Crippen molar-refractivity contribution in [2.45, 2.75) is 19.4 Å². The third-order valence-electron chi connectivity index (χ3n) is 2.68. The van der Waals surface area contributed by atoms with E-state index < -0.39 is 0 Å². The zero-order chi connectivity index (χ0) is 11.5. The second kappa shape index (κ2) is 4.33. The van der Waals surface area contributed by atoms with Gasteiger partial charge in [-0.25, -0.2) is 0 Å². The van der Waals surface area contributed by atoms with Crippen molar-refractivity contribution in [3.63, 3.8) is 0 Å². The molecule has 0 aliphatic carbocycles. The summed E-state index contributed by atoms with van der Waals surface area (Å²) in [5.74, 6) is 0. The van der Waals surface area contributed by atoms with Crippen LogP contribution in [0.4, 0.5) is 5.69 Å². The molecule has 0 saturated carbocycles. The molecule has 1 aromatic rings. The monoisotopic (exact) mass is 204 g/mol. The molecule has 0 aliphatic rings. The number of para-hydroxylation sites is 1. The zero-order valence-electron chi connectivity index (χ0n) is 9.36. The van der Waals surface area contributed by atoms with Crippen LogP contribution in [0.2, 0.25) is 0 Å². The van der Waals surface area contributed by atoms with E-state index in [1.54, 1.807) is 6.07 Å². The van der Waals surface area contributed by atoms with E-state index >= 15 is 0 Å². The van der Waals surface area contributed by atoms with E-state index in [1.165, 1.54) is 0 Å². The second-order valence-electron chi connectivity index (χ2n) is 4.16. The van der Waals surface area contributed by atoms with Gasteiger partial charge in [-0.15, -0.1) is 0 Å². The number of anilines is 1. The van der Waals surface area contributed by atoms with Crippen molar-refractivity contribution >= 4 is 5.69 Å². The maximum Gasteiger partial charge on any atom is 0.101 e. The molecular weight excluding hydrogens is 188 g/mol. The van der Waals surface area contributed by atoms with Crippen molar-refractivity contribution in [2.24, 2.45) is 0 Å². The summed E-state index contributed by atoms with van der Waals surface area (Å²) in [6.45, 7) is 3.91. The lowest BCUT2D eigenvalue weighted by atomic mass is 10.0. The topological polar surface area (TPSA) is 47.3 Å². The normalized spacial score (nSPS) is 10.9. The maximum atomic E-state index is 9.26. The molecule has 15 heavy (non-hydrogen) atoms. The number of aliphatic hydroxyl groups is 1. The maximum absolute atomic E-state index is 9.26. The van der Waals surface area contributed by atoms with E-state index in [1.807, 2.05) is 44.0 Å². The Morgan fingerprint density at radius 1 is 1.40 bits per heavy atom. The van der Waals surface area contributed by atoms with Gasteiger partial charge in [0.05, 0.1) is 23.4 Å². The molecule has 1 N–H and O–H groups in total. The molecule has 3 nitrogen and oxygen atoms in total. The van der Waals surface area contributed by atoms with Crippen LogP contribution < -0.4 is 4.90 Å². The van der Waals surface area contributed by atoms with Gasteiger partial charge < -0.3 is 10.0 Å². The Morgan fingerprint density at radius 3 is 2.53 bits per heavy atom. The molecule has 0 fully saturated rings. The van der Waals surface area contributed by atoms with Crippen molar-refractivity contribution in [3.05, 3.63) is 29.8 Å². The Bertz CT molecular complexity index is 379. The van der Waals surface area contributed by atoms with E-state index in [0.717, 1.165) is 5.69 Å². The van der Waals surface area contributed by atoms with Crippen LogP contribution in [0.1, 0.15) is 19.4 Å². The van der Waals surface area contributed by atoms with Gasteiger partial charge in [-0.3, -0.25) is 0 Å². The van der Waals surface area contributed by atoms with Crippen molar-refractivity contribution in [1.29, 1.82) is 5.26 Å². The lowest BCUT2D eigenvalue weighted by molar-refractivity contribution is 0.216. The smallest absolute Gasteiger partial charge is 0.101 e. The summed E-state index contributed by atoms with van der Waals surface area (Å²) < 4.78 is 0. The number of benzene rings is 1. The van der Waals surface area contributed by atoms with E-state index in [-0.39, 0.29) is 12.1 Å². The molecule has 0 spiro atoms. The molecular formula is C12H16N2O. The number of aliphatic hydroxyl groups excluding tert-OH is 1. The predicted octanol–water partition coefficient (Wildman–Crippen LogP) is 1.77. The highest BCUT2D eigenvalue weighted by Crippen LogP contribution is 2.24. The van der Waals surface area contributed by atoms with Gasteiger partial charge >= 0.3 is 0 Å². The van der Waals surface area contributed by atoms with Crippen LogP contribution in [0, 0.1) is 11.3 Å². The highest BCUT2D eigenvalue weighted by molar-refractivity contribution is 5.60. The molecule has 0 atom stereocenters. The van der Waals surface area contributed by atoms with Gasteiger partial charge in [0.25, 0.3) is 0 Å². The lowest BCUT2D eigenvalue weighted by Gasteiger charge is -2.36. The van der Waals surface area contributed by atoms with E-state index in [9.17, 15) is 5.11 Å². The Labute approximate surface area is 90.6 Å². The molecule has 0 amide bonds. The van der Waals surface area contributed by atoms with Gasteiger partial charge in [-0.1, -0.05) is 12.1 Å². The van der Waals surface area contributed by atoms with E-state index in [2.05, 4.69) is 6.07 Å². The van der Waals surface area contributed by atoms with Crippen molar-refractivity contribution in [2.75, 3.05) is 18.6 Å². The van der Waals surface area contributed by atoms with E-state index in [4.69, 9.17) is 5.26 Å². The van der Waals surface area contributed by atoms with Crippen molar-refractivity contribution in [1.82, 2.24) is 0 Å². The first-order valence-electron chi connectivity index (χ1n) is 4.87. The first-order valence-corrected chi connectivity index (χ1v) is 4.87. The summed E-state index contributed by atoms with van der Waals surface area (Å²) in [6, 6.07) is 9.54. The average Bonchev–Trinajstić information content (AvgIpc) is 2.28. The molecule has 1 aromatic carbocycles. The van der Waals surface area contributed by atoms with Gasteiger partial charge in [-0.2, -0.15) is 5.26 Å². The summed E-state index contributed by atoms with van der Waals surface area (Å²) in [5, 5.41) is 18.2. The van der Waals surface area contributed by atoms with Gasteiger partial charge in [-0.05, 0) is 26.0 Å². The van der Waals surface area contributed by atoms with Gasteiger partial charge in [0.2, 0.25) is 0 Å². The fourth-order valence-electron chi connectivity index (χ4n) is 1.29. The number of hydrogen-bond donors (Lipinski definition) is 1. The summed E-state index contributed by atoms with van der Waals surface area (Å²) in [6.07, 6.45) is 0. The molecule has 0 heterocycles. The Hall–Kier alpha value is -1.53. The van der Waals surface area contributed by atoms with Crippen LogP contribution in [-0.2, 0) is 0 Å². The second-order valence-corrected chi connectivity index (χ2v) is 4.16. The Morgan fingerprint density at radius 2 is 2.00 bits per heavy atom. The summed E-state index contributed by atoms with van der Waals surface area (Å²) in [5.41, 5.74) is 1.10. The van der Waals surface area contributed by atoms with Crippen LogP contribution in [-0.4, -0.2) is 24.3 Å². The average molecular weight is 204 g/mol. The van der Waals surface area contributed by atoms with Crippen LogP contribution in [0.5, 0.6) is 0 Å². The van der Waals surface area contributed by atoms with Crippen molar-refractivity contribution in [3.8, 4) is 6.07 Å². The number of hydrogen-bond acceptors (Lipinski definition) is 3. The summed E-state index contributed by atoms with van der Waals surface area (Å²) in [4.78, 5) is 1.92. The van der Waals surface area contributed by atoms with Gasteiger partial charge in [0, 0.05) is 7.05 Å². The van der Waals surface area contributed by atoms with Gasteiger partial charge in [0.1, 0.15) is 6.07 Å². The SMILES string of the molecule is CN(c1ccccc1C#N)C(C)(C)CO. The minimum Gasteiger partial charge on any atom is -0.394 e. The molecule has 1 rings (SSSR count). The predicted molar refractivity (Wildman–Crippen MR) is 60.7 cm³/mol. The first-order chi connectivity index (χ1) is 7.03. The summed E-state index contributed by atoms with van der Waals surface area (Å²) in [7, 11) is 1.88. The molecule has 3 heteroatoms. The molecule has 0 unspecified atom stereocenters. The molecule has 80 valence electrons. The molecule has 0 aromatic heterocycles. The standard InChI is InChI=1S/C12H16N2O/c1-12(2,9-15)14(3)11-7-5-4-6-10(11)8-13/h4-7,15H,9H2,1-3H3. The fraction of sp³-hybridized carbons (Fsp3) is 0.417. The molecule has 0 aliphatic heterocycles.